The van der Waals surface area contributed by atoms with Gasteiger partial charge in [-0.05, 0) is 39.5 Å². The lowest BCUT2D eigenvalue weighted by Crippen LogP contribution is -2.35. The molecule has 0 radical (unpaired) electrons. The van der Waals surface area contributed by atoms with Crippen LogP contribution in [0.1, 0.15) is 39.3 Å². The highest BCUT2D eigenvalue weighted by Gasteiger charge is 2.21. The van der Waals surface area contributed by atoms with Gasteiger partial charge in [-0.15, -0.1) is 5.10 Å². The molecule has 0 aliphatic heterocycles. The van der Waals surface area contributed by atoms with E-state index in [0.717, 1.165) is 12.2 Å². The van der Waals surface area contributed by atoms with Gasteiger partial charge in [-0.25, -0.2) is 4.68 Å². The highest BCUT2D eigenvalue weighted by atomic mass is 16.2. The van der Waals surface area contributed by atoms with Crippen molar-refractivity contribution in [2.45, 2.75) is 52.2 Å². The van der Waals surface area contributed by atoms with Crippen molar-refractivity contribution >= 4 is 5.91 Å². The molecule has 1 saturated carbocycles. The molecule has 1 heterocycles. The van der Waals surface area contributed by atoms with Gasteiger partial charge in [0, 0.05) is 18.6 Å². The zero-order valence-electron chi connectivity index (χ0n) is 11.9. The van der Waals surface area contributed by atoms with E-state index in [0.29, 0.717) is 12.5 Å². The Morgan fingerprint density at radius 3 is 2.84 bits per heavy atom. The summed E-state index contributed by atoms with van der Waals surface area (Å²) in [6, 6.07) is 0. The number of nitrogens with one attached hydrogen (secondary N) is 2. The van der Waals surface area contributed by atoms with Crippen molar-refractivity contribution in [3.05, 3.63) is 11.9 Å². The lowest BCUT2D eigenvalue weighted by molar-refractivity contribution is -0.121. The molecule has 0 spiro atoms. The van der Waals surface area contributed by atoms with Crippen LogP contribution in [0.25, 0.3) is 0 Å². The van der Waals surface area contributed by atoms with Crippen LogP contribution in [0.2, 0.25) is 0 Å². The van der Waals surface area contributed by atoms with Crippen molar-refractivity contribution < 1.29 is 4.79 Å². The fourth-order valence-corrected chi connectivity index (χ4v) is 1.64. The van der Waals surface area contributed by atoms with Crippen molar-refractivity contribution in [3.63, 3.8) is 0 Å². The first-order valence-electron chi connectivity index (χ1n) is 6.83. The minimum absolute atomic E-state index is 0.00660. The molecule has 1 aliphatic rings. The van der Waals surface area contributed by atoms with Crippen molar-refractivity contribution in [1.29, 1.82) is 0 Å². The SMILES string of the molecule is CC(C)(C)NCc1cn(CC(=O)NCC2CC2)nn1. The van der Waals surface area contributed by atoms with Gasteiger partial charge in [0.15, 0.2) is 0 Å². The third kappa shape index (κ3) is 5.38. The molecule has 1 aliphatic carbocycles. The lowest BCUT2D eigenvalue weighted by Gasteiger charge is -2.19. The number of amides is 1. The van der Waals surface area contributed by atoms with Crippen LogP contribution in [0.5, 0.6) is 0 Å². The second-order valence-corrected chi connectivity index (χ2v) is 6.26. The molecule has 19 heavy (non-hydrogen) atoms. The summed E-state index contributed by atoms with van der Waals surface area (Å²) in [7, 11) is 0. The standard InChI is InChI=1S/C13H23N5O/c1-13(2,3)15-7-11-8-18(17-16-11)9-12(19)14-6-10-4-5-10/h8,10,15H,4-7,9H2,1-3H3,(H,14,19). The van der Waals surface area contributed by atoms with Gasteiger partial charge in [-0.1, -0.05) is 5.21 Å². The van der Waals surface area contributed by atoms with Crippen LogP contribution in [-0.4, -0.2) is 33.0 Å². The Kier molecular flexibility index (Phi) is 4.19. The monoisotopic (exact) mass is 265 g/mol. The van der Waals surface area contributed by atoms with Gasteiger partial charge >= 0.3 is 0 Å². The normalized spacial score (nSPS) is 15.5. The summed E-state index contributed by atoms with van der Waals surface area (Å²) in [5, 5.41) is 14.3. The summed E-state index contributed by atoms with van der Waals surface area (Å²) < 4.78 is 1.59. The second kappa shape index (κ2) is 5.69. The van der Waals surface area contributed by atoms with Crippen LogP contribution in [0.3, 0.4) is 0 Å². The van der Waals surface area contributed by atoms with Crippen molar-refractivity contribution in [2.75, 3.05) is 6.54 Å². The van der Waals surface area contributed by atoms with Crippen LogP contribution in [-0.2, 0) is 17.9 Å². The van der Waals surface area contributed by atoms with E-state index in [2.05, 4.69) is 41.7 Å². The first-order valence-corrected chi connectivity index (χ1v) is 6.83. The number of hydrogen-bond donors (Lipinski definition) is 2. The topological polar surface area (TPSA) is 71.8 Å². The van der Waals surface area contributed by atoms with Crippen LogP contribution in [0, 0.1) is 5.92 Å². The Morgan fingerprint density at radius 1 is 1.47 bits per heavy atom. The number of hydrogen-bond acceptors (Lipinski definition) is 4. The van der Waals surface area contributed by atoms with Crippen LogP contribution >= 0.6 is 0 Å². The number of rotatable bonds is 6. The summed E-state index contributed by atoms with van der Waals surface area (Å²) in [6.45, 7) is 8.00. The number of aromatic nitrogens is 3. The van der Waals surface area contributed by atoms with Crippen molar-refractivity contribution in [2.24, 2.45) is 5.92 Å². The molecule has 106 valence electrons. The fraction of sp³-hybridized carbons (Fsp3) is 0.769. The Morgan fingerprint density at radius 2 is 2.21 bits per heavy atom. The van der Waals surface area contributed by atoms with Gasteiger partial charge in [0.25, 0.3) is 0 Å². The van der Waals surface area contributed by atoms with E-state index in [1.807, 2.05) is 6.20 Å². The summed E-state index contributed by atoms with van der Waals surface area (Å²) in [5.41, 5.74) is 0.899. The molecule has 1 aromatic heterocycles. The van der Waals surface area contributed by atoms with E-state index in [1.165, 1.54) is 12.8 Å². The summed E-state index contributed by atoms with van der Waals surface area (Å²) in [4.78, 5) is 11.7. The summed E-state index contributed by atoms with van der Waals surface area (Å²) in [6.07, 6.45) is 4.30. The molecule has 6 nitrogen and oxygen atoms in total. The zero-order valence-corrected chi connectivity index (χ0v) is 11.9. The Bertz CT molecular complexity index is 430. The summed E-state index contributed by atoms with van der Waals surface area (Å²) in [5.74, 6) is 0.707. The molecule has 0 atom stereocenters. The Labute approximate surface area is 113 Å². The molecule has 0 bridgehead atoms. The van der Waals surface area contributed by atoms with Gasteiger partial charge in [0.05, 0.1) is 11.9 Å². The molecule has 1 amide bonds. The summed E-state index contributed by atoms with van der Waals surface area (Å²) >= 11 is 0. The molecule has 2 N–H and O–H groups in total. The van der Waals surface area contributed by atoms with Gasteiger partial charge in [-0.2, -0.15) is 0 Å². The van der Waals surface area contributed by atoms with E-state index < -0.39 is 0 Å². The average Bonchev–Trinajstić information content (AvgIpc) is 3.04. The van der Waals surface area contributed by atoms with Crippen molar-refractivity contribution in [3.8, 4) is 0 Å². The van der Waals surface area contributed by atoms with E-state index in [1.54, 1.807) is 4.68 Å². The maximum Gasteiger partial charge on any atom is 0.241 e. The third-order valence-corrected chi connectivity index (χ3v) is 2.98. The predicted molar refractivity (Wildman–Crippen MR) is 72.3 cm³/mol. The predicted octanol–water partition coefficient (Wildman–Crippen LogP) is 0.692. The maximum absolute atomic E-state index is 11.7. The first kappa shape index (κ1) is 14.0. The number of nitrogens with zero attached hydrogens (tertiary/aromatic N) is 3. The molecule has 2 rings (SSSR count). The maximum atomic E-state index is 11.7. The van der Waals surface area contributed by atoms with Gasteiger partial charge in [0.1, 0.15) is 6.54 Å². The second-order valence-electron chi connectivity index (χ2n) is 6.26. The minimum Gasteiger partial charge on any atom is -0.354 e. The zero-order chi connectivity index (χ0) is 13.9. The van der Waals surface area contributed by atoms with Crippen molar-refractivity contribution in [1.82, 2.24) is 25.6 Å². The third-order valence-electron chi connectivity index (χ3n) is 2.98. The quantitative estimate of drug-likeness (QED) is 0.794. The average molecular weight is 265 g/mol. The van der Waals surface area contributed by atoms with Crippen LogP contribution in [0.4, 0.5) is 0 Å². The number of carbonyl (C=O) groups excluding carboxylic acids is 1. The fourth-order valence-electron chi connectivity index (χ4n) is 1.64. The highest BCUT2D eigenvalue weighted by molar-refractivity contribution is 5.75. The molecule has 1 fully saturated rings. The largest absolute Gasteiger partial charge is 0.354 e. The van der Waals surface area contributed by atoms with Gasteiger partial charge in [0.2, 0.25) is 5.91 Å². The van der Waals surface area contributed by atoms with E-state index >= 15 is 0 Å². The van der Waals surface area contributed by atoms with Crippen LogP contribution < -0.4 is 10.6 Å². The first-order chi connectivity index (χ1) is 8.92. The van der Waals surface area contributed by atoms with E-state index in [9.17, 15) is 4.79 Å². The molecule has 6 heteroatoms. The molecular weight excluding hydrogens is 242 g/mol. The smallest absolute Gasteiger partial charge is 0.241 e. The molecule has 0 aromatic carbocycles. The highest BCUT2D eigenvalue weighted by Crippen LogP contribution is 2.27. The van der Waals surface area contributed by atoms with E-state index in [-0.39, 0.29) is 18.0 Å². The Balaban J connectivity index is 1.74. The van der Waals surface area contributed by atoms with E-state index in [4.69, 9.17) is 0 Å². The molecule has 1 aromatic rings. The molecule has 0 saturated heterocycles. The van der Waals surface area contributed by atoms with Gasteiger partial charge < -0.3 is 10.6 Å². The number of carbonyl (C=O) groups is 1. The Hall–Kier alpha value is -1.43. The molecular formula is C13H23N5O. The lowest BCUT2D eigenvalue weighted by atomic mass is 10.1. The molecule has 0 unspecified atom stereocenters. The van der Waals surface area contributed by atoms with Crippen LogP contribution in [0.15, 0.2) is 6.20 Å². The minimum atomic E-state index is 0.00660. The van der Waals surface area contributed by atoms with Gasteiger partial charge in [-0.3, -0.25) is 4.79 Å².